The second kappa shape index (κ2) is 8.76. The van der Waals surface area contributed by atoms with Gasteiger partial charge in [0.2, 0.25) is 0 Å². The number of allylic oxidation sites excluding steroid dienone is 1. The molecule has 0 unspecified atom stereocenters. The number of hydrogen-bond acceptors (Lipinski definition) is 3. The van der Waals surface area contributed by atoms with Crippen LogP contribution in [0.25, 0.3) is 0 Å². The van der Waals surface area contributed by atoms with Crippen LogP contribution in [-0.2, 0) is 0 Å². The SMILES string of the molecule is C(/C=C/N1CCN(c2ccccc2)CC1)=[N+]1CCN(c2ccccc2)CC1. The maximum absolute atomic E-state index is 2.47. The Morgan fingerprint density at radius 3 is 1.70 bits per heavy atom. The Balaban J connectivity index is 1.23. The summed E-state index contributed by atoms with van der Waals surface area (Å²) in [6, 6.07) is 21.5. The summed E-state index contributed by atoms with van der Waals surface area (Å²) in [5.74, 6) is 0. The van der Waals surface area contributed by atoms with Crippen molar-refractivity contribution in [2.75, 3.05) is 62.2 Å². The predicted octanol–water partition coefficient (Wildman–Crippen LogP) is 2.93. The molecule has 4 nitrogen and oxygen atoms in total. The van der Waals surface area contributed by atoms with Gasteiger partial charge >= 0.3 is 0 Å². The quantitative estimate of drug-likeness (QED) is 0.777. The zero-order chi connectivity index (χ0) is 18.3. The van der Waals surface area contributed by atoms with Crippen LogP contribution >= 0.6 is 0 Å². The van der Waals surface area contributed by atoms with Crippen LogP contribution in [0.2, 0.25) is 0 Å². The molecule has 140 valence electrons. The lowest BCUT2D eigenvalue weighted by molar-refractivity contribution is -0.524. The van der Waals surface area contributed by atoms with Gasteiger partial charge in [0.25, 0.3) is 0 Å². The fourth-order valence-electron chi connectivity index (χ4n) is 3.82. The molecule has 4 heteroatoms. The molecule has 0 aliphatic carbocycles. The first kappa shape index (κ1) is 17.7. The molecule has 2 aliphatic rings. The number of hydrogen-bond donors (Lipinski definition) is 0. The van der Waals surface area contributed by atoms with E-state index in [9.17, 15) is 0 Å². The molecule has 0 spiro atoms. The van der Waals surface area contributed by atoms with E-state index in [1.165, 1.54) is 11.4 Å². The average molecular weight is 362 g/mol. The van der Waals surface area contributed by atoms with E-state index in [4.69, 9.17) is 0 Å². The van der Waals surface area contributed by atoms with Gasteiger partial charge < -0.3 is 14.7 Å². The molecule has 0 radical (unpaired) electrons. The molecule has 0 atom stereocenters. The van der Waals surface area contributed by atoms with Gasteiger partial charge in [-0.15, -0.1) is 0 Å². The van der Waals surface area contributed by atoms with Crippen LogP contribution in [0.3, 0.4) is 0 Å². The zero-order valence-corrected chi connectivity index (χ0v) is 16.0. The highest BCUT2D eigenvalue weighted by atomic mass is 15.3. The summed E-state index contributed by atoms with van der Waals surface area (Å²) in [5, 5.41) is 0. The smallest absolute Gasteiger partial charge is 0.164 e. The van der Waals surface area contributed by atoms with Crippen molar-refractivity contribution in [1.82, 2.24) is 4.90 Å². The van der Waals surface area contributed by atoms with Gasteiger partial charge in [0.05, 0.1) is 13.1 Å². The number of anilines is 2. The fourth-order valence-corrected chi connectivity index (χ4v) is 3.82. The van der Waals surface area contributed by atoms with E-state index < -0.39 is 0 Å². The first-order chi connectivity index (χ1) is 13.4. The van der Waals surface area contributed by atoms with Crippen molar-refractivity contribution >= 4 is 17.6 Å². The molecule has 2 heterocycles. The fraction of sp³-hybridized carbons (Fsp3) is 0.348. The third kappa shape index (κ3) is 4.70. The summed E-state index contributed by atoms with van der Waals surface area (Å²) in [6.07, 6.45) is 6.73. The van der Waals surface area contributed by atoms with Crippen LogP contribution in [0, 0.1) is 0 Å². The van der Waals surface area contributed by atoms with Gasteiger partial charge in [0.1, 0.15) is 0 Å². The molecular weight excluding hydrogens is 332 g/mol. The molecule has 0 aromatic heterocycles. The summed E-state index contributed by atoms with van der Waals surface area (Å²) in [7, 11) is 0. The van der Waals surface area contributed by atoms with E-state index in [1.807, 2.05) is 0 Å². The number of rotatable bonds is 4. The molecule has 2 aromatic carbocycles. The van der Waals surface area contributed by atoms with E-state index in [-0.39, 0.29) is 0 Å². The number of nitrogens with zero attached hydrogens (tertiary/aromatic N) is 4. The Kier molecular flexibility index (Phi) is 5.73. The van der Waals surface area contributed by atoms with E-state index in [0.29, 0.717) is 0 Å². The van der Waals surface area contributed by atoms with Gasteiger partial charge in [-0.1, -0.05) is 36.4 Å². The highest BCUT2D eigenvalue weighted by Gasteiger charge is 2.18. The predicted molar refractivity (Wildman–Crippen MR) is 114 cm³/mol. The summed E-state index contributed by atoms with van der Waals surface area (Å²) in [5.41, 5.74) is 2.67. The Hall–Kier alpha value is -2.75. The molecule has 27 heavy (non-hydrogen) atoms. The molecular formula is C23H29N4+. The lowest BCUT2D eigenvalue weighted by Crippen LogP contribution is -2.44. The van der Waals surface area contributed by atoms with Crippen molar-refractivity contribution in [2.24, 2.45) is 0 Å². The monoisotopic (exact) mass is 361 g/mol. The molecule has 4 rings (SSSR count). The normalized spacial score (nSPS) is 18.2. The largest absolute Gasteiger partial charge is 0.374 e. The van der Waals surface area contributed by atoms with Crippen LogP contribution in [0.5, 0.6) is 0 Å². The molecule has 0 bridgehead atoms. The Bertz CT molecular complexity index is 751. The average Bonchev–Trinajstić information content (AvgIpc) is 2.76. The van der Waals surface area contributed by atoms with Crippen LogP contribution in [-0.4, -0.2) is 68.0 Å². The highest BCUT2D eigenvalue weighted by molar-refractivity contribution is 5.66. The summed E-state index contributed by atoms with van der Waals surface area (Å²) >= 11 is 0. The second-order valence-electron chi connectivity index (χ2n) is 7.21. The standard InChI is InChI=1S/C23H29N4/c1-3-8-22(9-4-1)26-18-14-24(15-19-26)12-7-13-25-16-20-27(21-17-25)23-10-5-2-6-11-23/h1-13H,14-21H2/q+1. The minimum absolute atomic E-state index is 1.08. The van der Waals surface area contributed by atoms with Crippen molar-refractivity contribution < 1.29 is 4.58 Å². The van der Waals surface area contributed by atoms with Crippen molar-refractivity contribution in [3.8, 4) is 0 Å². The third-order valence-electron chi connectivity index (χ3n) is 5.46. The maximum atomic E-state index is 2.47. The van der Waals surface area contributed by atoms with Gasteiger partial charge in [0.15, 0.2) is 19.3 Å². The summed E-state index contributed by atoms with van der Waals surface area (Å²) in [4.78, 5) is 7.36. The molecule has 0 N–H and O–H groups in total. The first-order valence-electron chi connectivity index (χ1n) is 9.98. The van der Waals surface area contributed by atoms with E-state index >= 15 is 0 Å². The van der Waals surface area contributed by atoms with E-state index in [2.05, 4.69) is 98.4 Å². The van der Waals surface area contributed by atoms with Gasteiger partial charge in [-0.2, -0.15) is 0 Å². The van der Waals surface area contributed by atoms with Gasteiger partial charge in [0, 0.05) is 49.8 Å². The minimum Gasteiger partial charge on any atom is -0.374 e. The van der Waals surface area contributed by atoms with E-state index in [1.54, 1.807) is 0 Å². The lowest BCUT2D eigenvalue weighted by atomic mass is 10.2. The van der Waals surface area contributed by atoms with Crippen molar-refractivity contribution in [3.05, 3.63) is 72.9 Å². The van der Waals surface area contributed by atoms with Crippen LogP contribution in [0.4, 0.5) is 11.4 Å². The van der Waals surface area contributed by atoms with Crippen molar-refractivity contribution in [2.45, 2.75) is 0 Å². The molecule has 2 aromatic rings. The number of para-hydroxylation sites is 2. The Labute approximate surface area is 162 Å². The molecule has 2 aliphatic heterocycles. The Morgan fingerprint density at radius 1 is 0.630 bits per heavy atom. The van der Waals surface area contributed by atoms with Crippen molar-refractivity contribution in [1.29, 1.82) is 0 Å². The Morgan fingerprint density at radius 2 is 1.15 bits per heavy atom. The maximum Gasteiger partial charge on any atom is 0.164 e. The number of benzene rings is 2. The second-order valence-corrected chi connectivity index (χ2v) is 7.21. The lowest BCUT2D eigenvalue weighted by Gasteiger charge is -2.35. The van der Waals surface area contributed by atoms with Gasteiger partial charge in [-0.3, -0.25) is 0 Å². The van der Waals surface area contributed by atoms with Crippen LogP contribution in [0.1, 0.15) is 0 Å². The summed E-state index contributed by atoms with van der Waals surface area (Å²) < 4.78 is 2.43. The van der Waals surface area contributed by atoms with Crippen molar-refractivity contribution in [3.63, 3.8) is 0 Å². The minimum atomic E-state index is 1.08. The zero-order valence-electron chi connectivity index (χ0n) is 16.0. The van der Waals surface area contributed by atoms with Gasteiger partial charge in [-0.05, 0) is 24.3 Å². The highest BCUT2D eigenvalue weighted by Crippen LogP contribution is 2.16. The van der Waals surface area contributed by atoms with Crippen LogP contribution < -0.4 is 9.80 Å². The summed E-state index contributed by atoms with van der Waals surface area (Å²) in [6.45, 7) is 8.69. The molecule has 0 saturated carbocycles. The first-order valence-corrected chi connectivity index (χ1v) is 9.98. The number of piperazine rings is 2. The van der Waals surface area contributed by atoms with Crippen LogP contribution in [0.15, 0.2) is 72.9 Å². The third-order valence-corrected chi connectivity index (χ3v) is 5.46. The van der Waals surface area contributed by atoms with E-state index in [0.717, 1.165) is 52.4 Å². The molecule has 0 amide bonds. The molecule has 2 fully saturated rings. The topological polar surface area (TPSA) is 12.7 Å². The van der Waals surface area contributed by atoms with Gasteiger partial charge in [-0.25, -0.2) is 4.58 Å². The molecule has 2 saturated heterocycles.